The van der Waals surface area contributed by atoms with Crippen LogP contribution in [-0.4, -0.2) is 39.3 Å². The van der Waals surface area contributed by atoms with Crippen LogP contribution in [0.15, 0.2) is 11.6 Å². The van der Waals surface area contributed by atoms with Gasteiger partial charge in [-0.15, -0.1) is 11.3 Å². The number of hydrogen-bond donors (Lipinski definition) is 4. The molecule has 0 aliphatic rings. The molecule has 0 aliphatic heterocycles. The average molecular weight is 259 g/mol. The summed E-state index contributed by atoms with van der Waals surface area (Å²) >= 11 is 1.40. The molecule has 0 aromatic carbocycles. The Morgan fingerprint density at radius 2 is 2.24 bits per heavy atom. The van der Waals surface area contributed by atoms with Crippen molar-refractivity contribution in [3.8, 4) is 0 Å². The lowest BCUT2D eigenvalue weighted by atomic mass is 10.1. The number of aromatic nitrogens is 1. The molecule has 0 saturated heterocycles. The van der Waals surface area contributed by atoms with E-state index in [1.807, 2.05) is 0 Å². The highest BCUT2D eigenvalue weighted by atomic mass is 32.1. The van der Waals surface area contributed by atoms with Crippen molar-refractivity contribution in [1.82, 2.24) is 15.6 Å². The number of aliphatic hydroxyl groups is 1. The van der Waals surface area contributed by atoms with E-state index in [-0.39, 0.29) is 13.1 Å². The van der Waals surface area contributed by atoms with Crippen LogP contribution < -0.4 is 10.6 Å². The van der Waals surface area contributed by atoms with Crippen LogP contribution in [-0.2, 0) is 11.3 Å². The molecule has 0 saturated carbocycles. The second kappa shape index (κ2) is 5.60. The van der Waals surface area contributed by atoms with Gasteiger partial charge in [0.2, 0.25) is 0 Å². The highest BCUT2D eigenvalue weighted by Gasteiger charge is 2.30. The Morgan fingerprint density at radius 3 is 2.76 bits per heavy atom. The predicted octanol–water partition coefficient (Wildman–Crippen LogP) is -0.222. The predicted molar refractivity (Wildman–Crippen MR) is 60.6 cm³/mol. The lowest BCUT2D eigenvalue weighted by Gasteiger charge is -2.18. The standard InChI is InChI=1S/C9H13N3O4S/c1-9(16,7(13)14)5-12-8(15)11-4-6-10-2-3-17-6/h2-3,16H,4-5H2,1H3,(H,13,14)(H2,11,12,15). The molecule has 1 heterocycles. The quantitative estimate of drug-likeness (QED) is 0.584. The van der Waals surface area contributed by atoms with Crippen LogP contribution in [0.5, 0.6) is 0 Å². The van der Waals surface area contributed by atoms with Crippen molar-refractivity contribution in [2.45, 2.75) is 19.1 Å². The number of carbonyl (C=O) groups excluding carboxylic acids is 1. The van der Waals surface area contributed by atoms with E-state index in [2.05, 4.69) is 15.6 Å². The first-order valence-electron chi connectivity index (χ1n) is 4.77. The summed E-state index contributed by atoms with van der Waals surface area (Å²) in [4.78, 5) is 25.8. The number of carboxylic acids is 1. The average Bonchev–Trinajstić information content (AvgIpc) is 2.76. The number of rotatable bonds is 5. The fourth-order valence-electron chi connectivity index (χ4n) is 0.887. The number of amides is 2. The Balaban J connectivity index is 2.28. The summed E-state index contributed by atoms with van der Waals surface area (Å²) in [5.41, 5.74) is -1.97. The second-order valence-electron chi connectivity index (χ2n) is 3.54. The fraction of sp³-hybridized carbons (Fsp3) is 0.444. The van der Waals surface area contributed by atoms with E-state index in [1.54, 1.807) is 11.6 Å². The van der Waals surface area contributed by atoms with Crippen molar-refractivity contribution >= 4 is 23.3 Å². The van der Waals surface area contributed by atoms with Gasteiger partial charge in [0.25, 0.3) is 0 Å². The number of carbonyl (C=O) groups is 2. The summed E-state index contributed by atoms with van der Waals surface area (Å²) in [6.07, 6.45) is 1.62. The van der Waals surface area contributed by atoms with Gasteiger partial charge in [-0.1, -0.05) is 0 Å². The van der Waals surface area contributed by atoms with Gasteiger partial charge in [-0.2, -0.15) is 0 Å². The van der Waals surface area contributed by atoms with Gasteiger partial charge in [-0.25, -0.2) is 14.6 Å². The first-order valence-corrected chi connectivity index (χ1v) is 5.65. The lowest BCUT2D eigenvalue weighted by Crippen LogP contribution is -2.48. The molecule has 1 aromatic heterocycles. The molecule has 0 spiro atoms. The molecule has 8 heteroatoms. The first kappa shape index (κ1) is 13.4. The van der Waals surface area contributed by atoms with Gasteiger partial charge in [-0.05, 0) is 6.92 Å². The third-order valence-electron chi connectivity index (χ3n) is 1.94. The highest BCUT2D eigenvalue weighted by molar-refractivity contribution is 7.09. The van der Waals surface area contributed by atoms with Gasteiger partial charge >= 0.3 is 12.0 Å². The smallest absolute Gasteiger partial charge is 0.337 e. The number of thiazole rings is 1. The summed E-state index contributed by atoms with van der Waals surface area (Å²) < 4.78 is 0. The van der Waals surface area contributed by atoms with Crippen LogP contribution in [0.25, 0.3) is 0 Å². The van der Waals surface area contributed by atoms with Crippen LogP contribution in [0.3, 0.4) is 0 Å². The van der Waals surface area contributed by atoms with Crippen LogP contribution in [0.2, 0.25) is 0 Å². The molecule has 1 aromatic rings. The fourth-order valence-corrected chi connectivity index (χ4v) is 1.44. The van der Waals surface area contributed by atoms with Crippen LogP contribution >= 0.6 is 11.3 Å². The third kappa shape index (κ3) is 4.37. The van der Waals surface area contributed by atoms with Gasteiger partial charge in [0.05, 0.1) is 13.1 Å². The zero-order valence-corrected chi connectivity index (χ0v) is 9.95. The van der Waals surface area contributed by atoms with E-state index in [0.717, 1.165) is 11.9 Å². The monoisotopic (exact) mass is 259 g/mol. The van der Waals surface area contributed by atoms with Crippen LogP contribution in [0.1, 0.15) is 11.9 Å². The molecule has 94 valence electrons. The molecule has 1 rings (SSSR count). The number of carboxylic acid groups (broad SMARTS) is 1. The Bertz CT molecular complexity index is 391. The topological polar surface area (TPSA) is 112 Å². The van der Waals surface area contributed by atoms with E-state index in [9.17, 15) is 14.7 Å². The molecule has 0 radical (unpaired) electrons. The molecule has 4 N–H and O–H groups in total. The SMILES string of the molecule is CC(O)(CNC(=O)NCc1nccs1)C(=O)O. The van der Waals surface area contributed by atoms with Crippen molar-refractivity contribution in [2.75, 3.05) is 6.54 Å². The van der Waals surface area contributed by atoms with Crippen molar-refractivity contribution in [3.05, 3.63) is 16.6 Å². The van der Waals surface area contributed by atoms with E-state index >= 15 is 0 Å². The molecular formula is C9H13N3O4S. The summed E-state index contributed by atoms with van der Waals surface area (Å²) in [6.45, 7) is 1.00. The van der Waals surface area contributed by atoms with Gasteiger partial charge in [-0.3, -0.25) is 0 Å². The molecule has 7 nitrogen and oxygen atoms in total. The maximum atomic E-state index is 11.3. The summed E-state index contributed by atoms with van der Waals surface area (Å²) in [6, 6.07) is -0.554. The van der Waals surface area contributed by atoms with E-state index in [4.69, 9.17) is 5.11 Å². The van der Waals surface area contributed by atoms with Crippen LogP contribution in [0.4, 0.5) is 4.79 Å². The molecule has 2 amide bonds. The maximum Gasteiger partial charge on any atom is 0.337 e. The number of aliphatic carboxylic acids is 1. The zero-order valence-electron chi connectivity index (χ0n) is 9.14. The zero-order chi connectivity index (χ0) is 12.9. The van der Waals surface area contributed by atoms with E-state index in [0.29, 0.717) is 0 Å². The van der Waals surface area contributed by atoms with E-state index in [1.165, 1.54) is 11.3 Å². The Labute approximate surface area is 101 Å². The molecule has 1 atom stereocenters. The normalized spacial score (nSPS) is 13.8. The van der Waals surface area contributed by atoms with Gasteiger partial charge < -0.3 is 20.8 Å². The van der Waals surface area contributed by atoms with E-state index < -0.39 is 17.6 Å². The van der Waals surface area contributed by atoms with Crippen molar-refractivity contribution in [3.63, 3.8) is 0 Å². The van der Waals surface area contributed by atoms with Crippen LogP contribution in [0, 0.1) is 0 Å². The Hall–Kier alpha value is -1.67. The molecule has 0 fully saturated rings. The number of hydrogen-bond acceptors (Lipinski definition) is 5. The summed E-state index contributed by atoms with van der Waals surface area (Å²) in [5, 5.41) is 25.2. The molecular weight excluding hydrogens is 246 g/mol. The third-order valence-corrected chi connectivity index (χ3v) is 2.72. The second-order valence-corrected chi connectivity index (χ2v) is 4.52. The minimum atomic E-state index is -1.97. The van der Waals surface area contributed by atoms with Gasteiger partial charge in [0.1, 0.15) is 5.01 Å². The minimum Gasteiger partial charge on any atom is -0.479 e. The van der Waals surface area contributed by atoms with Crippen molar-refractivity contribution in [2.24, 2.45) is 0 Å². The number of urea groups is 1. The van der Waals surface area contributed by atoms with Gasteiger partial charge in [0.15, 0.2) is 5.60 Å². The van der Waals surface area contributed by atoms with Crippen molar-refractivity contribution < 1.29 is 19.8 Å². The van der Waals surface area contributed by atoms with Gasteiger partial charge in [0, 0.05) is 11.6 Å². The molecule has 0 aliphatic carbocycles. The molecule has 17 heavy (non-hydrogen) atoms. The maximum absolute atomic E-state index is 11.3. The molecule has 0 bridgehead atoms. The highest BCUT2D eigenvalue weighted by Crippen LogP contribution is 2.03. The largest absolute Gasteiger partial charge is 0.479 e. The first-order chi connectivity index (χ1) is 7.92. The number of nitrogens with one attached hydrogen (secondary N) is 2. The lowest BCUT2D eigenvalue weighted by molar-refractivity contribution is -0.155. The van der Waals surface area contributed by atoms with Crippen molar-refractivity contribution in [1.29, 1.82) is 0 Å². The Morgan fingerprint density at radius 1 is 1.53 bits per heavy atom. The molecule has 1 unspecified atom stereocenters. The summed E-state index contributed by atoms with van der Waals surface area (Å²) in [5.74, 6) is -1.39. The number of nitrogens with zero attached hydrogens (tertiary/aromatic N) is 1. The minimum absolute atomic E-state index is 0.263. The summed E-state index contributed by atoms with van der Waals surface area (Å²) in [7, 11) is 0. The Kier molecular flexibility index (Phi) is 4.41.